The average molecular weight is 413 g/mol. The predicted molar refractivity (Wildman–Crippen MR) is 133 cm³/mol. The van der Waals surface area contributed by atoms with Crippen LogP contribution in [0.1, 0.15) is 0 Å². The van der Waals surface area contributed by atoms with Gasteiger partial charge in [-0.1, -0.05) is 121 Å². The molecule has 153 valence electrons. The van der Waals surface area contributed by atoms with Crippen LogP contribution in [-0.2, 0) is 5.11 Å². The van der Waals surface area contributed by atoms with Crippen LogP contribution in [0.15, 0.2) is 121 Å². The highest BCUT2D eigenvalue weighted by Crippen LogP contribution is 2.53. The minimum Gasteiger partial charge on any atom is -0.398 e. The van der Waals surface area contributed by atoms with Crippen molar-refractivity contribution in [2.45, 2.75) is 0 Å². The molecule has 1 radical (unpaired) electrons. The molecule has 32 heavy (non-hydrogen) atoms. The summed E-state index contributed by atoms with van der Waals surface area (Å²) in [4.78, 5) is 0. The lowest BCUT2D eigenvalue weighted by atomic mass is 9.83. The van der Waals surface area contributed by atoms with Gasteiger partial charge in [0.2, 0.25) is 0 Å². The molecule has 0 aliphatic carbocycles. The van der Waals surface area contributed by atoms with E-state index in [9.17, 15) is 5.11 Å². The topological polar surface area (TPSA) is 45.9 Å². The average Bonchev–Trinajstić information content (AvgIpc) is 2.87. The lowest BCUT2D eigenvalue weighted by Crippen LogP contribution is -2.01. The van der Waals surface area contributed by atoms with Crippen molar-refractivity contribution in [2.24, 2.45) is 0 Å². The van der Waals surface area contributed by atoms with E-state index in [1.54, 1.807) is 0 Å². The van der Waals surface area contributed by atoms with Gasteiger partial charge in [0.05, 0.1) is 0 Å². The number of hydrogen-bond acceptors (Lipinski definition) is 1. The highest BCUT2D eigenvalue weighted by atomic mass is 16.3. The minimum absolute atomic E-state index is 0.0192. The highest BCUT2D eigenvalue weighted by molar-refractivity contribution is 6.08. The van der Waals surface area contributed by atoms with Gasteiger partial charge in [0.25, 0.3) is 0 Å². The monoisotopic (exact) mass is 412 g/mol. The van der Waals surface area contributed by atoms with Crippen LogP contribution in [0, 0.1) is 0 Å². The molecule has 0 atom stereocenters. The molecule has 0 spiro atoms. The van der Waals surface area contributed by atoms with Crippen LogP contribution in [0.4, 0.5) is 5.69 Å². The fourth-order valence-corrected chi connectivity index (χ4v) is 4.32. The number of rotatable bonds is 4. The van der Waals surface area contributed by atoms with Crippen LogP contribution in [0.2, 0.25) is 0 Å². The van der Waals surface area contributed by atoms with Crippen molar-refractivity contribution in [3.05, 3.63) is 121 Å². The van der Waals surface area contributed by atoms with Crippen LogP contribution < -0.4 is 5.73 Å². The Morgan fingerprint density at radius 2 is 0.625 bits per heavy atom. The first-order chi connectivity index (χ1) is 15.8. The van der Waals surface area contributed by atoms with Crippen LogP contribution in [0.25, 0.3) is 44.5 Å². The third-order valence-corrected chi connectivity index (χ3v) is 5.74. The van der Waals surface area contributed by atoms with E-state index in [0.717, 1.165) is 33.4 Å². The first-order valence-electron chi connectivity index (χ1n) is 10.6. The Kier molecular flexibility index (Phi) is 5.19. The Bertz CT molecular complexity index is 1130. The standard InChI is InChI=1S/C30H22NO/c31-29-25(21-13-5-1-6-14-21)27(23-17-9-3-10-18-23)30(32)28(24-19-11-4-12-20-24)26(29)22-15-7-2-8-16-22/h1-20H,31H2. The molecule has 2 nitrogen and oxygen atoms in total. The van der Waals surface area contributed by atoms with Crippen LogP contribution >= 0.6 is 0 Å². The van der Waals surface area contributed by atoms with E-state index in [1.807, 2.05) is 121 Å². The number of anilines is 1. The van der Waals surface area contributed by atoms with E-state index in [1.165, 1.54) is 0 Å². The Balaban J connectivity index is 1.97. The summed E-state index contributed by atoms with van der Waals surface area (Å²) in [7, 11) is 0. The zero-order valence-corrected chi connectivity index (χ0v) is 17.5. The van der Waals surface area contributed by atoms with Gasteiger partial charge >= 0.3 is 0 Å². The second-order valence-corrected chi connectivity index (χ2v) is 7.71. The van der Waals surface area contributed by atoms with Gasteiger partial charge in [0.15, 0.2) is 5.75 Å². The molecule has 0 heterocycles. The molecule has 0 aromatic heterocycles. The van der Waals surface area contributed by atoms with Crippen LogP contribution in [0.3, 0.4) is 0 Å². The van der Waals surface area contributed by atoms with E-state index in [-0.39, 0.29) is 5.75 Å². The molecule has 0 aliphatic heterocycles. The largest absolute Gasteiger partial charge is 0.398 e. The summed E-state index contributed by atoms with van der Waals surface area (Å²) in [5.74, 6) is -0.0192. The Labute approximate surface area is 188 Å². The van der Waals surface area contributed by atoms with Gasteiger partial charge in [-0.25, -0.2) is 0 Å². The number of nitrogens with two attached hydrogens (primary N) is 1. The Morgan fingerprint density at radius 3 is 0.906 bits per heavy atom. The quantitative estimate of drug-likeness (QED) is 0.298. The fourth-order valence-electron chi connectivity index (χ4n) is 4.32. The molecule has 0 aliphatic rings. The summed E-state index contributed by atoms with van der Waals surface area (Å²) >= 11 is 0. The highest BCUT2D eigenvalue weighted by Gasteiger charge is 2.27. The second-order valence-electron chi connectivity index (χ2n) is 7.71. The van der Waals surface area contributed by atoms with E-state index in [2.05, 4.69) is 0 Å². The summed E-state index contributed by atoms with van der Waals surface area (Å²) in [6, 6.07) is 39.5. The SMILES string of the molecule is Nc1c(-c2ccccc2)c(-c2ccccc2)c([O])c(-c2ccccc2)c1-c1ccccc1. The van der Waals surface area contributed by atoms with Gasteiger partial charge in [-0.3, -0.25) is 5.11 Å². The Morgan fingerprint density at radius 1 is 0.375 bits per heavy atom. The van der Waals surface area contributed by atoms with E-state index >= 15 is 0 Å². The molecule has 5 rings (SSSR count). The third kappa shape index (κ3) is 3.42. The number of benzene rings is 5. The van der Waals surface area contributed by atoms with Crippen molar-refractivity contribution < 1.29 is 5.11 Å². The molecule has 2 heteroatoms. The molecule has 5 aromatic carbocycles. The molecule has 0 fully saturated rings. The fraction of sp³-hybridized carbons (Fsp3) is 0. The van der Waals surface area contributed by atoms with Crippen LogP contribution in [-0.4, -0.2) is 0 Å². The van der Waals surface area contributed by atoms with Crippen molar-refractivity contribution in [1.82, 2.24) is 0 Å². The maximum atomic E-state index is 14.3. The zero-order chi connectivity index (χ0) is 21.9. The molecular weight excluding hydrogens is 390 g/mol. The maximum Gasteiger partial charge on any atom is 0.195 e. The van der Waals surface area contributed by atoms with E-state index in [4.69, 9.17) is 5.73 Å². The first kappa shape index (κ1) is 19.7. The Hall–Kier alpha value is -4.30. The lowest BCUT2D eigenvalue weighted by Gasteiger charge is -2.22. The zero-order valence-electron chi connectivity index (χ0n) is 17.5. The molecule has 0 amide bonds. The van der Waals surface area contributed by atoms with Gasteiger partial charge < -0.3 is 5.73 Å². The van der Waals surface area contributed by atoms with Crippen molar-refractivity contribution in [3.63, 3.8) is 0 Å². The van der Waals surface area contributed by atoms with E-state index in [0.29, 0.717) is 16.8 Å². The summed E-state index contributed by atoms with van der Waals surface area (Å²) in [5.41, 5.74) is 14.0. The lowest BCUT2D eigenvalue weighted by molar-refractivity contribution is 0.359. The molecule has 0 unspecified atom stereocenters. The maximum absolute atomic E-state index is 14.3. The van der Waals surface area contributed by atoms with Gasteiger partial charge in [-0.05, 0) is 22.3 Å². The summed E-state index contributed by atoms with van der Waals surface area (Å²) in [6.45, 7) is 0. The van der Waals surface area contributed by atoms with Gasteiger partial charge in [0, 0.05) is 27.9 Å². The van der Waals surface area contributed by atoms with Crippen molar-refractivity contribution in [3.8, 4) is 50.3 Å². The van der Waals surface area contributed by atoms with Crippen molar-refractivity contribution >= 4 is 5.69 Å². The molecule has 0 saturated heterocycles. The van der Waals surface area contributed by atoms with Gasteiger partial charge in [0.1, 0.15) is 0 Å². The minimum atomic E-state index is -0.0192. The first-order valence-corrected chi connectivity index (χ1v) is 10.6. The molecule has 5 aromatic rings. The van der Waals surface area contributed by atoms with Crippen molar-refractivity contribution in [1.29, 1.82) is 0 Å². The number of hydrogen-bond donors (Lipinski definition) is 1. The van der Waals surface area contributed by atoms with Gasteiger partial charge in [-0.15, -0.1) is 0 Å². The van der Waals surface area contributed by atoms with Crippen LogP contribution in [0.5, 0.6) is 5.75 Å². The summed E-state index contributed by atoms with van der Waals surface area (Å²) in [6.07, 6.45) is 0. The van der Waals surface area contributed by atoms with Crippen molar-refractivity contribution in [2.75, 3.05) is 5.73 Å². The summed E-state index contributed by atoms with van der Waals surface area (Å²) in [5, 5.41) is 14.3. The normalized spacial score (nSPS) is 10.8. The summed E-state index contributed by atoms with van der Waals surface area (Å²) < 4.78 is 0. The smallest absolute Gasteiger partial charge is 0.195 e. The van der Waals surface area contributed by atoms with Gasteiger partial charge in [-0.2, -0.15) is 0 Å². The molecule has 0 saturated carbocycles. The molecule has 2 N–H and O–H groups in total. The third-order valence-electron chi connectivity index (χ3n) is 5.74. The van der Waals surface area contributed by atoms with E-state index < -0.39 is 0 Å². The predicted octanol–water partition coefficient (Wildman–Crippen LogP) is 8.08. The second kappa shape index (κ2) is 8.44. The molecular formula is C30H22NO. The molecule has 0 bridgehead atoms. The number of nitrogen functional groups attached to an aromatic ring is 1.